The van der Waals surface area contributed by atoms with E-state index in [0.717, 1.165) is 27.5 Å². The molecule has 0 saturated carbocycles. The third-order valence-electron chi connectivity index (χ3n) is 3.90. The monoisotopic (exact) mass is 343 g/mol. The Morgan fingerprint density at radius 1 is 1.00 bits per heavy atom. The summed E-state index contributed by atoms with van der Waals surface area (Å²) in [6.45, 7) is 1.92. The van der Waals surface area contributed by atoms with Crippen molar-refractivity contribution in [2.24, 2.45) is 0 Å². The summed E-state index contributed by atoms with van der Waals surface area (Å²) in [6.07, 6.45) is -1.28. The molecule has 0 spiro atoms. The molecule has 126 valence electrons. The topological polar surface area (TPSA) is 39.9 Å². The predicted octanol–water partition coefficient (Wildman–Crippen LogP) is 4.78. The highest BCUT2D eigenvalue weighted by Crippen LogP contribution is 2.28. The highest BCUT2D eigenvalue weighted by atomic mass is 19.4. The first kappa shape index (κ1) is 15.4. The largest absolute Gasteiger partial charge is 0.573 e. The molecule has 0 bridgehead atoms. The second-order valence-corrected chi connectivity index (χ2v) is 5.64. The Kier molecular flexibility index (Phi) is 3.38. The highest BCUT2D eigenvalue weighted by Gasteiger charge is 2.31. The molecule has 7 heteroatoms. The van der Waals surface area contributed by atoms with Crippen LogP contribution in [-0.2, 0) is 0 Å². The smallest absolute Gasteiger partial charge is 0.406 e. The summed E-state index contributed by atoms with van der Waals surface area (Å²) in [6, 6.07) is 11.6. The fraction of sp³-hybridized carbons (Fsp3) is 0.111. The molecule has 0 radical (unpaired) electrons. The van der Waals surface area contributed by atoms with Gasteiger partial charge in [0.05, 0.1) is 11.0 Å². The van der Waals surface area contributed by atoms with Crippen LogP contribution in [-0.4, -0.2) is 20.9 Å². The summed E-state index contributed by atoms with van der Waals surface area (Å²) in [5, 5.41) is 1.97. The first-order valence-electron chi connectivity index (χ1n) is 7.49. The van der Waals surface area contributed by atoms with Crippen LogP contribution in [0.25, 0.3) is 27.5 Å². The number of aromatic nitrogens is 3. The van der Waals surface area contributed by atoms with Crippen LogP contribution in [0, 0.1) is 6.92 Å². The van der Waals surface area contributed by atoms with Gasteiger partial charge in [0.25, 0.3) is 0 Å². The molecule has 0 N–H and O–H groups in total. The molecule has 4 nitrogen and oxygen atoms in total. The first-order valence-corrected chi connectivity index (χ1v) is 7.49. The number of benzene rings is 2. The zero-order valence-corrected chi connectivity index (χ0v) is 13.1. The quantitative estimate of drug-likeness (QED) is 0.526. The number of aryl methyl sites for hydroxylation is 1. The molecule has 0 aliphatic heterocycles. The van der Waals surface area contributed by atoms with Crippen LogP contribution < -0.4 is 4.74 Å². The van der Waals surface area contributed by atoms with Gasteiger partial charge in [-0.15, -0.1) is 13.2 Å². The van der Waals surface area contributed by atoms with Crippen molar-refractivity contribution < 1.29 is 17.9 Å². The molecule has 0 amide bonds. The second kappa shape index (κ2) is 5.47. The van der Waals surface area contributed by atoms with Crippen LogP contribution >= 0.6 is 0 Å². The summed E-state index contributed by atoms with van der Waals surface area (Å²) in [7, 11) is 0. The Labute approximate surface area is 140 Å². The number of alkyl halides is 3. The van der Waals surface area contributed by atoms with Crippen LogP contribution in [0.5, 0.6) is 5.75 Å². The average molecular weight is 343 g/mol. The minimum absolute atomic E-state index is 0.259. The van der Waals surface area contributed by atoms with Crippen molar-refractivity contribution in [3.8, 4) is 11.4 Å². The van der Waals surface area contributed by atoms with E-state index in [4.69, 9.17) is 0 Å². The molecule has 0 unspecified atom stereocenters. The van der Waals surface area contributed by atoms with Crippen LogP contribution in [0.2, 0.25) is 0 Å². The fourth-order valence-corrected chi connectivity index (χ4v) is 2.82. The van der Waals surface area contributed by atoms with Crippen LogP contribution in [0.4, 0.5) is 13.2 Å². The van der Waals surface area contributed by atoms with E-state index in [-0.39, 0.29) is 5.75 Å². The molecule has 25 heavy (non-hydrogen) atoms. The van der Waals surface area contributed by atoms with E-state index in [1.54, 1.807) is 24.7 Å². The number of halogens is 3. The molecule has 4 rings (SSSR count). The Balaban J connectivity index is 1.78. The number of hydrogen-bond donors (Lipinski definition) is 0. The normalized spacial score (nSPS) is 12.0. The van der Waals surface area contributed by atoms with Gasteiger partial charge >= 0.3 is 6.36 Å². The maximum atomic E-state index is 12.3. The van der Waals surface area contributed by atoms with Gasteiger partial charge in [-0.1, -0.05) is 6.07 Å². The highest BCUT2D eigenvalue weighted by molar-refractivity contribution is 6.04. The van der Waals surface area contributed by atoms with Gasteiger partial charge in [-0.05, 0) is 48.7 Å². The number of ether oxygens (including phenoxy) is 1. The molecule has 2 heterocycles. The lowest BCUT2D eigenvalue weighted by molar-refractivity contribution is -0.274. The van der Waals surface area contributed by atoms with Crippen molar-refractivity contribution in [1.82, 2.24) is 14.5 Å². The lowest BCUT2D eigenvalue weighted by atomic mass is 10.1. The van der Waals surface area contributed by atoms with Gasteiger partial charge < -0.3 is 4.74 Å². The van der Waals surface area contributed by atoms with E-state index < -0.39 is 6.36 Å². The van der Waals surface area contributed by atoms with Gasteiger partial charge in [0.2, 0.25) is 0 Å². The van der Waals surface area contributed by atoms with Gasteiger partial charge in [0, 0.05) is 23.0 Å². The van der Waals surface area contributed by atoms with Gasteiger partial charge in [-0.25, -0.2) is 4.98 Å². The molecule has 4 aromatic rings. The van der Waals surface area contributed by atoms with E-state index in [2.05, 4.69) is 14.7 Å². The predicted molar refractivity (Wildman–Crippen MR) is 87.8 cm³/mol. The number of pyridine rings is 1. The molecule has 0 atom stereocenters. The van der Waals surface area contributed by atoms with Gasteiger partial charge in [0.1, 0.15) is 12.1 Å². The summed E-state index contributed by atoms with van der Waals surface area (Å²) in [5.41, 5.74) is 3.26. The number of fused-ring (bicyclic) bond motifs is 3. The fourth-order valence-electron chi connectivity index (χ4n) is 2.82. The average Bonchev–Trinajstić information content (AvgIpc) is 2.98. The molecule has 0 saturated heterocycles. The maximum Gasteiger partial charge on any atom is 0.573 e. The van der Waals surface area contributed by atoms with Crippen molar-refractivity contribution in [3.05, 3.63) is 60.7 Å². The summed E-state index contributed by atoms with van der Waals surface area (Å²) in [4.78, 5) is 8.76. The van der Waals surface area contributed by atoms with E-state index in [1.165, 1.54) is 12.1 Å². The number of imidazole rings is 1. The minimum atomic E-state index is -4.70. The van der Waals surface area contributed by atoms with Crippen molar-refractivity contribution >= 4 is 21.8 Å². The van der Waals surface area contributed by atoms with Gasteiger partial charge in [-0.2, -0.15) is 0 Å². The Hall–Kier alpha value is -3.09. The van der Waals surface area contributed by atoms with E-state index in [1.807, 2.05) is 29.7 Å². The number of nitrogens with zero attached hydrogens (tertiary/aromatic N) is 3. The molecular formula is C18H12F3N3O. The second-order valence-electron chi connectivity index (χ2n) is 5.64. The molecule has 0 aliphatic carbocycles. The number of rotatable bonds is 2. The third kappa shape index (κ3) is 2.88. The van der Waals surface area contributed by atoms with Crippen molar-refractivity contribution in [2.45, 2.75) is 13.3 Å². The Morgan fingerprint density at radius 2 is 1.76 bits per heavy atom. The maximum absolute atomic E-state index is 12.3. The van der Waals surface area contributed by atoms with Crippen molar-refractivity contribution in [1.29, 1.82) is 0 Å². The standard InChI is InChI=1S/C18H12F3N3O/c1-11-8-12-2-7-16-17(15(12)9-22-11)23-10-24(16)13-3-5-14(6-4-13)25-18(19,20)21/h2-10H,1H3. The SMILES string of the molecule is Cc1cc2ccc3c(ncn3-c3ccc(OC(F)(F)F)cc3)c2cn1. The molecule has 2 aromatic carbocycles. The van der Waals surface area contributed by atoms with Crippen LogP contribution in [0.15, 0.2) is 55.0 Å². The van der Waals surface area contributed by atoms with Crippen LogP contribution in [0.1, 0.15) is 5.69 Å². The van der Waals surface area contributed by atoms with Gasteiger partial charge in [0.15, 0.2) is 0 Å². The van der Waals surface area contributed by atoms with Crippen molar-refractivity contribution in [2.75, 3.05) is 0 Å². The lowest BCUT2D eigenvalue weighted by Crippen LogP contribution is -2.17. The summed E-state index contributed by atoms with van der Waals surface area (Å²) < 4.78 is 42.5. The Bertz CT molecular complexity index is 1070. The van der Waals surface area contributed by atoms with E-state index in [0.29, 0.717) is 5.69 Å². The minimum Gasteiger partial charge on any atom is -0.406 e. The van der Waals surface area contributed by atoms with E-state index in [9.17, 15) is 13.2 Å². The molecular weight excluding hydrogens is 331 g/mol. The van der Waals surface area contributed by atoms with Crippen molar-refractivity contribution in [3.63, 3.8) is 0 Å². The summed E-state index contributed by atoms with van der Waals surface area (Å²) >= 11 is 0. The lowest BCUT2D eigenvalue weighted by Gasteiger charge is -2.10. The van der Waals surface area contributed by atoms with Crippen LogP contribution in [0.3, 0.4) is 0 Å². The molecule has 2 aromatic heterocycles. The van der Waals surface area contributed by atoms with Gasteiger partial charge in [-0.3, -0.25) is 9.55 Å². The molecule has 0 fully saturated rings. The zero-order valence-electron chi connectivity index (χ0n) is 13.1. The number of hydrogen-bond acceptors (Lipinski definition) is 3. The first-order chi connectivity index (χ1) is 11.9. The zero-order chi connectivity index (χ0) is 17.6. The Morgan fingerprint density at radius 3 is 2.48 bits per heavy atom. The third-order valence-corrected chi connectivity index (χ3v) is 3.90. The summed E-state index contributed by atoms with van der Waals surface area (Å²) in [5.74, 6) is -0.259. The van der Waals surface area contributed by atoms with E-state index >= 15 is 0 Å². The molecule has 0 aliphatic rings.